The van der Waals surface area contributed by atoms with Crippen molar-refractivity contribution < 1.29 is 14.1 Å². The van der Waals surface area contributed by atoms with Crippen LogP contribution in [0.15, 0.2) is 59.0 Å². The maximum absolute atomic E-state index is 11.4. The fourth-order valence-electron chi connectivity index (χ4n) is 3.65. The number of benzene rings is 2. The fourth-order valence-corrected chi connectivity index (χ4v) is 3.85. The van der Waals surface area contributed by atoms with E-state index in [2.05, 4.69) is 22.1 Å². The number of carbonyl (C=O) groups excluding carboxylic acids is 1. The van der Waals surface area contributed by atoms with Crippen molar-refractivity contribution in [1.29, 1.82) is 0 Å². The molecular formula is C22H25N4O2S+. The summed E-state index contributed by atoms with van der Waals surface area (Å²) in [6.45, 7) is 6.22. The second kappa shape index (κ2) is 8.71. The predicted octanol–water partition coefficient (Wildman–Crippen LogP) is 2.36. The Morgan fingerprint density at radius 2 is 1.79 bits per heavy atom. The normalized spacial score (nSPS) is 14.9. The summed E-state index contributed by atoms with van der Waals surface area (Å²) >= 11 is 5.37. The van der Waals surface area contributed by atoms with Crippen molar-refractivity contribution in [2.45, 2.75) is 20.0 Å². The number of nitrogens with one attached hydrogen (secondary N) is 1. The third-order valence-corrected chi connectivity index (χ3v) is 5.62. The Hall–Kier alpha value is -2.77. The maximum Gasteiger partial charge on any atom is 0.291 e. The molecule has 0 bridgehead atoms. The fraction of sp³-hybridized carbons (Fsp3) is 0.318. The number of ketones is 1. The molecule has 0 amide bonds. The van der Waals surface area contributed by atoms with Crippen LogP contribution in [0.25, 0.3) is 0 Å². The quantitative estimate of drug-likeness (QED) is 0.500. The number of Topliss-reactive ketones (excluding diaryl/α,β-unsaturated/α-hetero) is 1. The first-order valence-electron chi connectivity index (χ1n) is 9.89. The molecule has 1 fully saturated rings. The molecule has 4 rings (SSSR count). The zero-order chi connectivity index (χ0) is 20.2. The third kappa shape index (κ3) is 4.81. The van der Waals surface area contributed by atoms with E-state index in [1.807, 2.05) is 42.5 Å². The lowest BCUT2D eigenvalue weighted by atomic mass is 10.1. The number of nitrogens with zero attached hydrogens (tertiary/aromatic N) is 3. The summed E-state index contributed by atoms with van der Waals surface area (Å²) in [6, 6.07) is 18.0. The summed E-state index contributed by atoms with van der Waals surface area (Å²) in [5.41, 5.74) is 3.08. The molecule has 1 aromatic heterocycles. The van der Waals surface area contributed by atoms with Crippen LogP contribution in [0.3, 0.4) is 0 Å². The van der Waals surface area contributed by atoms with Gasteiger partial charge in [-0.1, -0.05) is 30.3 Å². The first-order valence-corrected chi connectivity index (χ1v) is 10.3. The highest BCUT2D eigenvalue weighted by atomic mass is 32.1. The van der Waals surface area contributed by atoms with Gasteiger partial charge >= 0.3 is 0 Å². The Balaban J connectivity index is 1.34. The summed E-state index contributed by atoms with van der Waals surface area (Å²) in [5.74, 6) is 0.756. The highest BCUT2D eigenvalue weighted by Gasteiger charge is 2.21. The summed E-state index contributed by atoms with van der Waals surface area (Å²) < 4.78 is 7.50. The lowest BCUT2D eigenvalue weighted by Gasteiger charge is -2.33. The Kier molecular flexibility index (Phi) is 5.87. The Morgan fingerprint density at radius 1 is 1.10 bits per heavy atom. The van der Waals surface area contributed by atoms with Gasteiger partial charge in [0.1, 0.15) is 0 Å². The van der Waals surface area contributed by atoms with Crippen molar-refractivity contribution in [3.05, 3.63) is 76.5 Å². The average Bonchev–Trinajstić information content (AvgIpc) is 3.08. The van der Waals surface area contributed by atoms with Crippen molar-refractivity contribution >= 4 is 23.7 Å². The molecule has 0 spiro atoms. The summed E-state index contributed by atoms with van der Waals surface area (Å²) in [4.78, 5) is 15.7. The second-order valence-electron chi connectivity index (χ2n) is 7.42. The third-order valence-electron chi connectivity index (χ3n) is 5.33. The van der Waals surface area contributed by atoms with E-state index >= 15 is 0 Å². The van der Waals surface area contributed by atoms with Crippen molar-refractivity contribution in [1.82, 2.24) is 9.78 Å². The molecule has 7 heteroatoms. The van der Waals surface area contributed by atoms with Crippen LogP contribution in [-0.4, -0.2) is 41.7 Å². The van der Waals surface area contributed by atoms with Gasteiger partial charge in [-0.3, -0.25) is 4.79 Å². The number of aromatic nitrogens is 2. The highest BCUT2D eigenvalue weighted by Crippen LogP contribution is 2.15. The van der Waals surface area contributed by atoms with Crippen molar-refractivity contribution in [2.75, 3.05) is 31.1 Å². The number of anilines is 1. The van der Waals surface area contributed by atoms with E-state index in [0.717, 1.165) is 43.0 Å². The first kappa shape index (κ1) is 19.5. The molecule has 0 radical (unpaired) electrons. The lowest BCUT2D eigenvalue weighted by Crippen LogP contribution is -3.14. The van der Waals surface area contributed by atoms with E-state index < -0.39 is 0 Å². The highest BCUT2D eigenvalue weighted by molar-refractivity contribution is 7.71. The van der Waals surface area contributed by atoms with E-state index in [1.54, 1.807) is 11.6 Å². The molecule has 2 heterocycles. The maximum atomic E-state index is 11.4. The molecule has 29 heavy (non-hydrogen) atoms. The van der Waals surface area contributed by atoms with Gasteiger partial charge in [-0.25, -0.2) is 0 Å². The van der Waals surface area contributed by atoms with Gasteiger partial charge in [-0.15, -0.1) is 5.10 Å². The van der Waals surface area contributed by atoms with Gasteiger partial charge in [0.05, 0.1) is 32.6 Å². The molecule has 1 N–H and O–H groups in total. The number of rotatable bonds is 6. The number of hydrogen-bond acceptors (Lipinski definition) is 5. The van der Waals surface area contributed by atoms with Crippen molar-refractivity contribution in [3.63, 3.8) is 0 Å². The molecule has 1 aliphatic heterocycles. The van der Waals surface area contributed by atoms with Gasteiger partial charge in [0, 0.05) is 11.3 Å². The molecular weight excluding hydrogens is 384 g/mol. The smallest absolute Gasteiger partial charge is 0.291 e. The zero-order valence-corrected chi connectivity index (χ0v) is 17.3. The van der Waals surface area contributed by atoms with E-state index in [-0.39, 0.29) is 5.78 Å². The van der Waals surface area contributed by atoms with Crippen LogP contribution >= 0.6 is 12.2 Å². The standard InChI is InChI=1S/C22H24N4O2S/c1-17(27)19-7-9-20(10-8-19)25-13-11-24(12-14-25)16-26-22(29)28-21(23-26)15-18-5-3-2-4-6-18/h2-10H,11-16H2,1H3/p+1. The first-order chi connectivity index (χ1) is 14.1. The molecule has 2 aromatic carbocycles. The Bertz CT molecular complexity index is 1020. The van der Waals surface area contributed by atoms with E-state index in [9.17, 15) is 4.79 Å². The van der Waals surface area contributed by atoms with Gasteiger partial charge in [-0.2, -0.15) is 4.68 Å². The topological polar surface area (TPSA) is 55.7 Å². The monoisotopic (exact) mass is 409 g/mol. The molecule has 1 aliphatic rings. The molecule has 0 aliphatic carbocycles. The molecule has 150 valence electrons. The van der Waals surface area contributed by atoms with Gasteiger partial charge in [0.15, 0.2) is 12.5 Å². The van der Waals surface area contributed by atoms with Crippen LogP contribution in [0.2, 0.25) is 0 Å². The number of carbonyl (C=O) groups is 1. The van der Waals surface area contributed by atoms with E-state index in [0.29, 0.717) is 23.8 Å². The predicted molar refractivity (Wildman–Crippen MR) is 114 cm³/mol. The number of piperazine rings is 1. The van der Waals surface area contributed by atoms with Crippen LogP contribution in [-0.2, 0) is 13.1 Å². The van der Waals surface area contributed by atoms with E-state index in [1.165, 1.54) is 4.90 Å². The minimum Gasteiger partial charge on any atom is -0.413 e. The SMILES string of the molecule is CC(=O)c1ccc(N2CC[NH+](Cn3nc(Cc4ccccc4)oc3=S)CC2)cc1. The van der Waals surface area contributed by atoms with Crippen LogP contribution in [0.5, 0.6) is 0 Å². The van der Waals surface area contributed by atoms with Crippen LogP contribution in [0.4, 0.5) is 5.69 Å². The summed E-state index contributed by atoms with van der Waals surface area (Å²) in [5, 5.41) is 4.58. The number of quaternary nitrogens is 1. The van der Waals surface area contributed by atoms with Crippen molar-refractivity contribution in [3.8, 4) is 0 Å². The average molecular weight is 410 g/mol. The number of hydrogen-bond donors (Lipinski definition) is 1. The molecule has 0 unspecified atom stereocenters. The molecule has 3 aromatic rings. The van der Waals surface area contributed by atoms with E-state index in [4.69, 9.17) is 16.6 Å². The molecule has 0 saturated carbocycles. The second-order valence-corrected chi connectivity index (χ2v) is 7.77. The lowest BCUT2D eigenvalue weighted by molar-refractivity contribution is -0.924. The van der Waals surface area contributed by atoms with Gasteiger partial charge in [-0.05, 0) is 49.0 Å². The largest absolute Gasteiger partial charge is 0.413 e. The zero-order valence-electron chi connectivity index (χ0n) is 16.5. The van der Waals surface area contributed by atoms with Crippen LogP contribution in [0, 0.1) is 4.84 Å². The molecule has 1 saturated heterocycles. The van der Waals surface area contributed by atoms with Gasteiger partial charge in [0.25, 0.3) is 4.84 Å². The minimum absolute atomic E-state index is 0.0989. The van der Waals surface area contributed by atoms with Crippen molar-refractivity contribution in [2.24, 2.45) is 0 Å². The Morgan fingerprint density at radius 3 is 2.45 bits per heavy atom. The molecule has 0 atom stereocenters. The summed E-state index contributed by atoms with van der Waals surface area (Å²) in [6.07, 6.45) is 0.650. The van der Waals surface area contributed by atoms with Gasteiger partial charge in [0.2, 0.25) is 5.89 Å². The van der Waals surface area contributed by atoms with Crippen LogP contribution in [0.1, 0.15) is 28.7 Å². The van der Waals surface area contributed by atoms with Gasteiger partial charge < -0.3 is 14.2 Å². The summed E-state index contributed by atoms with van der Waals surface area (Å²) in [7, 11) is 0. The Labute approximate surface area is 175 Å². The molecule has 6 nitrogen and oxygen atoms in total. The van der Waals surface area contributed by atoms with Crippen LogP contribution < -0.4 is 9.80 Å². The minimum atomic E-state index is 0.0989.